The number of nitrogens with one attached hydrogen (secondary N) is 2. The Morgan fingerprint density at radius 2 is 1.62 bits per heavy atom. The number of carbonyl (C=O) groups excluding carboxylic acids is 1. The van der Waals surface area contributed by atoms with Gasteiger partial charge in [-0.05, 0) is 69.1 Å². The van der Waals surface area contributed by atoms with Gasteiger partial charge in [-0.3, -0.25) is 4.79 Å². The van der Waals surface area contributed by atoms with E-state index in [4.69, 9.17) is 4.52 Å². The zero-order valence-electron chi connectivity index (χ0n) is 22.1. The average Bonchev–Trinajstić information content (AvgIpc) is 3.58. The van der Waals surface area contributed by atoms with Crippen LogP contribution in [0.5, 0.6) is 0 Å². The maximum atomic E-state index is 13.7. The third-order valence-electron chi connectivity index (χ3n) is 8.66. The van der Waals surface area contributed by atoms with Crippen LogP contribution in [0, 0.1) is 0 Å². The fraction of sp³-hybridized carbons (Fsp3) is 0.630. The molecule has 2 bridgehead atoms. The van der Waals surface area contributed by atoms with Crippen LogP contribution in [0.1, 0.15) is 84.7 Å². The Bertz CT molecular complexity index is 1310. The highest BCUT2D eigenvalue weighted by atomic mass is 32.2. The largest absolute Gasteiger partial charge is 0.416 e. The Hall–Kier alpha value is -2.48. The smallest absolute Gasteiger partial charge is 0.360 e. The van der Waals surface area contributed by atoms with Gasteiger partial charge in [0.15, 0.2) is 5.69 Å². The van der Waals surface area contributed by atoms with Crippen molar-refractivity contribution in [1.82, 2.24) is 24.4 Å². The number of amides is 1. The van der Waals surface area contributed by atoms with Gasteiger partial charge in [-0.1, -0.05) is 17.3 Å². The number of hydrogen-bond acceptors (Lipinski definition) is 6. The van der Waals surface area contributed by atoms with E-state index in [2.05, 4.69) is 15.8 Å². The number of benzene rings is 1. The van der Waals surface area contributed by atoms with Crippen molar-refractivity contribution in [1.29, 1.82) is 0 Å². The molecule has 3 saturated heterocycles. The lowest BCUT2D eigenvalue weighted by molar-refractivity contribution is -0.137. The fourth-order valence-electron chi connectivity index (χ4n) is 6.34. The molecule has 1 saturated carbocycles. The van der Waals surface area contributed by atoms with E-state index in [1.165, 1.54) is 12.1 Å². The predicted octanol–water partition coefficient (Wildman–Crippen LogP) is 3.80. The van der Waals surface area contributed by atoms with E-state index in [1.54, 1.807) is 14.7 Å². The lowest BCUT2D eigenvalue weighted by Crippen LogP contribution is -2.57. The van der Waals surface area contributed by atoms with Crippen molar-refractivity contribution in [2.24, 2.45) is 0 Å². The fourth-order valence-corrected chi connectivity index (χ4v) is 8.42. The average molecular weight is 582 g/mol. The van der Waals surface area contributed by atoms with E-state index < -0.39 is 21.9 Å². The number of hydrogen-bond donors (Lipinski definition) is 2. The van der Waals surface area contributed by atoms with E-state index in [-0.39, 0.29) is 35.8 Å². The predicted molar refractivity (Wildman–Crippen MR) is 139 cm³/mol. The van der Waals surface area contributed by atoms with Gasteiger partial charge in [0.2, 0.25) is 0 Å². The maximum absolute atomic E-state index is 13.7. The van der Waals surface area contributed by atoms with Crippen molar-refractivity contribution in [3.05, 3.63) is 52.9 Å². The van der Waals surface area contributed by atoms with Gasteiger partial charge in [0.25, 0.3) is 16.1 Å². The quantitative estimate of drug-likeness (QED) is 0.491. The van der Waals surface area contributed by atoms with Gasteiger partial charge in [-0.2, -0.15) is 30.2 Å². The summed E-state index contributed by atoms with van der Waals surface area (Å²) < 4.78 is 74.2. The summed E-state index contributed by atoms with van der Waals surface area (Å²) in [5.74, 6) is 0.852. The van der Waals surface area contributed by atoms with Crippen LogP contribution in [-0.2, 0) is 22.9 Å². The van der Waals surface area contributed by atoms with Gasteiger partial charge >= 0.3 is 6.18 Å². The van der Waals surface area contributed by atoms with Gasteiger partial charge in [-0.25, -0.2) is 0 Å². The zero-order valence-corrected chi connectivity index (χ0v) is 22.9. The molecule has 4 fully saturated rings. The minimum atomic E-state index is -4.36. The van der Waals surface area contributed by atoms with E-state index >= 15 is 0 Å². The maximum Gasteiger partial charge on any atom is 0.416 e. The number of aromatic nitrogens is 1. The highest BCUT2D eigenvalue weighted by Gasteiger charge is 2.49. The Kier molecular flexibility index (Phi) is 7.43. The first-order valence-corrected chi connectivity index (χ1v) is 15.4. The molecule has 0 radical (unpaired) electrons. The number of nitrogens with zero attached hydrogens (tertiary/aromatic N) is 3. The van der Waals surface area contributed by atoms with Gasteiger partial charge in [0.05, 0.1) is 5.56 Å². The second kappa shape index (κ2) is 10.7. The van der Waals surface area contributed by atoms with Gasteiger partial charge < -0.3 is 15.2 Å². The van der Waals surface area contributed by atoms with Crippen LogP contribution in [0.2, 0.25) is 0 Å². The number of piperidine rings is 2. The summed E-state index contributed by atoms with van der Waals surface area (Å²) in [5.41, 5.74) is 0.355. The Morgan fingerprint density at radius 1 is 0.975 bits per heavy atom. The van der Waals surface area contributed by atoms with Crippen molar-refractivity contribution in [2.45, 2.75) is 94.2 Å². The molecule has 13 heteroatoms. The molecule has 1 aliphatic carbocycles. The van der Waals surface area contributed by atoms with Crippen LogP contribution >= 0.6 is 0 Å². The Balaban J connectivity index is 0.992. The van der Waals surface area contributed by atoms with E-state index in [1.807, 2.05) is 0 Å². The van der Waals surface area contributed by atoms with Crippen LogP contribution < -0.4 is 10.6 Å². The molecule has 40 heavy (non-hydrogen) atoms. The van der Waals surface area contributed by atoms with Gasteiger partial charge in [-0.15, -0.1) is 0 Å². The summed E-state index contributed by atoms with van der Waals surface area (Å²) in [6, 6.07) is 6.48. The second-order valence-corrected chi connectivity index (χ2v) is 13.3. The first kappa shape index (κ1) is 27.7. The lowest BCUT2D eigenvalue weighted by Gasteiger charge is -2.42. The molecule has 1 aromatic carbocycles. The van der Waals surface area contributed by atoms with Gasteiger partial charge in [0.1, 0.15) is 5.76 Å². The molecule has 6 rings (SSSR count). The molecular formula is C27H34F3N5O4S. The van der Waals surface area contributed by atoms with Crippen LogP contribution in [0.4, 0.5) is 13.2 Å². The topological polar surface area (TPSA) is 108 Å². The Morgan fingerprint density at radius 3 is 2.23 bits per heavy atom. The molecule has 2 aromatic rings. The minimum Gasteiger partial charge on any atom is -0.360 e. The molecule has 1 unspecified atom stereocenters. The van der Waals surface area contributed by atoms with Crippen LogP contribution in [0.3, 0.4) is 0 Å². The second-order valence-electron chi connectivity index (χ2n) is 11.5. The summed E-state index contributed by atoms with van der Waals surface area (Å²) in [6.07, 6.45) is 1.70. The summed E-state index contributed by atoms with van der Waals surface area (Å²) in [4.78, 5) is 12.7. The molecule has 9 nitrogen and oxygen atoms in total. The number of fused-ring (bicyclic) bond motifs is 2. The van der Waals surface area contributed by atoms with Crippen molar-refractivity contribution in [2.75, 3.05) is 13.1 Å². The summed E-state index contributed by atoms with van der Waals surface area (Å²) in [5, 5.41) is 10.3. The third-order valence-corrected chi connectivity index (χ3v) is 10.8. The summed E-state index contributed by atoms with van der Waals surface area (Å²) in [6.45, 7) is 1.20. The van der Waals surface area contributed by atoms with E-state index in [0.29, 0.717) is 51.2 Å². The number of carbonyl (C=O) groups is 1. The van der Waals surface area contributed by atoms with Crippen LogP contribution in [-0.4, -0.2) is 65.3 Å². The van der Waals surface area contributed by atoms with Crippen molar-refractivity contribution in [3.63, 3.8) is 0 Å². The standard InChI is InChI=1S/C27H34F3N5O4S/c28-27(29,30)19-5-1-17(2-6-19)16-31-20-9-11-34(12-10-20)40(37,38)35-22-7-8-23(35)14-21(13-22)32-26(36)24-15-25(39-33-24)18-3-4-18/h1-2,5-6,15,18,20-23,31H,3-4,7-14,16H2,(H,32,36)/t21?,22-,23+. The zero-order chi connectivity index (χ0) is 28.1. The van der Waals surface area contributed by atoms with Crippen molar-refractivity contribution < 1.29 is 30.9 Å². The summed E-state index contributed by atoms with van der Waals surface area (Å²) >= 11 is 0. The molecule has 1 amide bonds. The number of halogens is 3. The molecule has 3 atom stereocenters. The number of rotatable bonds is 8. The molecule has 1 aromatic heterocycles. The SMILES string of the molecule is O=C(NC1C[C@H]2CC[C@@H](C1)N2S(=O)(=O)N1CCC(NCc2ccc(C(F)(F)F)cc2)CC1)c1cc(C2CC2)on1. The minimum absolute atomic E-state index is 0.0865. The Labute approximate surface area is 231 Å². The molecule has 3 aliphatic heterocycles. The molecular weight excluding hydrogens is 547 g/mol. The monoisotopic (exact) mass is 581 g/mol. The number of alkyl halides is 3. The highest BCUT2D eigenvalue weighted by molar-refractivity contribution is 7.86. The van der Waals surface area contributed by atoms with Crippen LogP contribution in [0.25, 0.3) is 0 Å². The molecule has 0 spiro atoms. The molecule has 4 heterocycles. The first-order valence-electron chi connectivity index (χ1n) is 14.0. The van der Waals surface area contributed by atoms with Crippen LogP contribution in [0.15, 0.2) is 34.9 Å². The van der Waals surface area contributed by atoms with Crippen molar-refractivity contribution >= 4 is 16.1 Å². The third kappa shape index (κ3) is 5.79. The normalized spacial score (nSPS) is 26.7. The van der Waals surface area contributed by atoms with E-state index in [0.717, 1.165) is 49.1 Å². The van der Waals surface area contributed by atoms with Gasteiger partial charge in [0, 0.05) is 55.8 Å². The van der Waals surface area contributed by atoms with E-state index in [9.17, 15) is 26.4 Å². The van der Waals surface area contributed by atoms with Crippen molar-refractivity contribution in [3.8, 4) is 0 Å². The summed E-state index contributed by atoms with van der Waals surface area (Å²) in [7, 11) is -3.64. The lowest BCUT2D eigenvalue weighted by atomic mass is 9.99. The molecule has 2 N–H and O–H groups in total. The first-order chi connectivity index (χ1) is 19.1. The molecule has 4 aliphatic rings. The molecule has 218 valence electrons. The highest BCUT2D eigenvalue weighted by Crippen LogP contribution is 2.41.